The molecule has 0 heterocycles. The topological polar surface area (TPSA) is 32.6 Å². The molecule has 0 saturated heterocycles. The summed E-state index contributed by atoms with van der Waals surface area (Å²) in [6.45, 7) is 0. The van der Waals surface area contributed by atoms with Crippen LogP contribution in [0.4, 0.5) is 0 Å². The SMILES string of the molecule is OC12CC3CC(C1)CC(N=C=S)(C3)C2. The zero-order valence-corrected chi connectivity index (χ0v) is 9.02. The molecule has 2 unspecified atom stereocenters. The number of thiocarbonyl (C=S) groups is 1. The van der Waals surface area contributed by atoms with Gasteiger partial charge in [0.05, 0.1) is 16.3 Å². The van der Waals surface area contributed by atoms with Gasteiger partial charge in [-0.1, -0.05) is 0 Å². The molecule has 4 bridgehead atoms. The Morgan fingerprint density at radius 2 is 1.86 bits per heavy atom. The number of nitrogens with zero attached hydrogens (tertiary/aromatic N) is 1. The van der Waals surface area contributed by atoms with Crippen LogP contribution >= 0.6 is 12.2 Å². The van der Waals surface area contributed by atoms with Gasteiger partial charge in [-0.05, 0) is 56.2 Å². The molecular weight excluding hydrogens is 194 g/mol. The van der Waals surface area contributed by atoms with Gasteiger partial charge in [0.2, 0.25) is 0 Å². The van der Waals surface area contributed by atoms with Crippen LogP contribution in [0.25, 0.3) is 0 Å². The minimum Gasteiger partial charge on any atom is -0.390 e. The number of isothiocyanates is 1. The molecule has 0 amide bonds. The molecular formula is C11H15NOS. The molecule has 3 heteroatoms. The number of aliphatic hydroxyl groups is 1. The summed E-state index contributed by atoms with van der Waals surface area (Å²) in [6.07, 6.45) is 6.40. The fourth-order valence-electron chi connectivity index (χ4n) is 4.39. The second-order valence-corrected chi connectivity index (χ2v) is 5.80. The number of aliphatic imine (C=N–C) groups is 1. The Labute approximate surface area is 89.4 Å². The van der Waals surface area contributed by atoms with E-state index in [1.165, 1.54) is 6.42 Å². The van der Waals surface area contributed by atoms with Crippen molar-refractivity contribution >= 4 is 17.4 Å². The Morgan fingerprint density at radius 3 is 2.36 bits per heavy atom. The van der Waals surface area contributed by atoms with Crippen molar-refractivity contribution in [2.75, 3.05) is 0 Å². The third-order valence-electron chi connectivity index (χ3n) is 4.28. The van der Waals surface area contributed by atoms with Crippen LogP contribution in [0.1, 0.15) is 38.5 Å². The molecule has 2 nitrogen and oxygen atoms in total. The summed E-state index contributed by atoms with van der Waals surface area (Å²) in [4.78, 5) is 4.37. The third-order valence-corrected chi connectivity index (χ3v) is 4.37. The fourth-order valence-corrected chi connectivity index (χ4v) is 4.59. The first-order chi connectivity index (χ1) is 6.63. The molecule has 4 rings (SSSR count). The lowest BCUT2D eigenvalue weighted by Gasteiger charge is -2.58. The molecule has 0 aromatic rings. The number of hydrogen-bond donors (Lipinski definition) is 1. The summed E-state index contributed by atoms with van der Waals surface area (Å²) in [5.74, 6) is 1.38. The molecule has 4 saturated carbocycles. The number of rotatable bonds is 1. The molecule has 0 aromatic carbocycles. The summed E-state index contributed by atoms with van der Waals surface area (Å²) in [7, 11) is 0. The van der Waals surface area contributed by atoms with Crippen molar-refractivity contribution in [1.29, 1.82) is 0 Å². The van der Waals surface area contributed by atoms with Gasteiger partial charge in [0, 0.05) is 6.42 Å². The Bertz CT molecular complexity index is 307. The van der Waals surface area contributed by atoms with Crippen molar-refractivity contribution in [1.82, 2.24) is 0 Å². The number of hydrogen-bond acceptors (Lipinski definition) is 3. The molecule has 4 fully saturated rings. The average Bonchev–Trinajstić information content (AvgIpc) is 1.97. The lowest BCUT2D eigenvalue weighted by Crippen LogP contribution is -2.58. The lowest BCUT2D eigenvalue weighted by atomic mass is 9.51. The van der Waals surface area contributed by atoms with Gasteiger partial charge in [0.1, 0.15) is 0 Å². The highest BCUT2D eigenvalue weighted by Crippen LogP contribution is 2.58. The molecule has 2 atom stereocenters. The third kappa shape index (κ3) is 1.19. The largest absolute Gasteiger partial charge is 0.390 e. The Hall–Kier alpha value is -0.240. The molecule has 4 aliphatic rings. The van der Waals surface area contributed by atoms with E-state index in [1.54, 1.807) is 0 Å². The van der Waals surface area contributed by atoms with E-state index in [2.05, 4.69) is 10.2 Å². The van der Waals surface area contributed by atoms with E-state index in [9.17, 15) is 5.11 Å². The van der Waals surface area contributed by atoms with Crippen molar-refractivity contribution in [2.24, 2.45) is 16.8 Å². The van der Waals surface area contributed by atoms with E-state index in [-0.39, 0.29) is 5.54 Å². The standard InChI is InChI=1S/C11H15NOS/c13-11-4-8-1-9(5-11)3-10(2-8,6-11)12-7-14/h8-9,13H,1-6H2. The highest BCUT2D eigenvalue weighted by atomic mass is 32.1. The van der Waals surface area contributed by atoms with Crippen LogP contribution in [0.2, 0.25) is 0 Å². The normalized spacial score (nSPS) is 54.4. The van der Waals surface area contributed by atoms with Gasteiger partial charge in [0.15, 0.2) is 0 Å². The average molecular weight is 209 g/mol. The van der Waals surface area contributed by atoms with Crippen LogP contribution in [-0.2, 0) is 0 Å². The van der Waals surface area contributed by atoms with Crippen molar-refractivity contribution in [2.45, 2.75) is 49.7 Å². The van der Waals surface area contributed by atoms with Crippen LogP contribution in [-0.4, -0.2) is 21.4 Å². The zero-order chi connectivity index (χ0) is 9.81. The molecule has 76 valence electrons. The second kappa shape index (κ2) is 2.66. The van der Waals surface area contributed by atoms with Crippen molar-refractivity contribution < 1.29 is 5.11 Å². The smallest absolute Gasteiger partial charge is 0.0743 e. The van der Waals surface area contributed by atoms with E-state index in [0.717, 1.165) is 32.1 Å². The Morgan fingerprint density at radius 1 is 1.21 bits per heavy atom. The van der Waals surface area contributed by atoms with E-state index in [4.69, 9.17) is 12.2 Å². The van der Waals surface area contributed by atoms with Crippen LogP contribution in [0.15, 0.2) is 4.99 Å². The van der Waals surface area contributed by atoms with Crippen molar-refractivity contribution in [3.05, 3.63) is 0 Å². The van der Waals surface area contributed by atoms with Crippen LogP contribution in [0.3, 0.4) is 0 Å². The zero-order valence-electron chi connectivity index (χ0n) is 8.20. The first kappa shape index (κ1) is 9.02. The van der Waals surface area contributed by atoms with Crippen molar-refractivity contribution in [3.63, 3.8) is 0 Å². The maximum absolute atomic E-state index is 10.4. The van der Waals surface area contributed by atoms with E-state index >= 15 is 0 Å². The maximum atomic E-state index is 10.4. The first-order valence-corrected chi connectivity index (χ1v) is 5.85. The molecule has 14 heavy (non-hydrogen) atoms. The van der Waals surface area contributed by atoms with Gasteiger partial charge >= 0.3 is 0 Å². The Balaban J connectivity index is 2.00. The molecule has 0 spiro atoms. The van der Waals surface area contributed by atoms with E-state index in [0.29, 0.717) is 11.8 Å². The van der Waals surface area contributed by atoms with Crippen LogP contribution in [0, 0.1) is 11.8 Å². The van der Waals surface area contributed by atoms with Gasteiger partial charge in [-0.3, -0.25) is 0 Å². The maximum Gasteiger partial charge on any atom is 0.0743 e. The molecule has 0 radical (unpaired) electrons. The minimum absolute atomic E-state index is 0.0272. The Kier molecular flexibility index (Phi) is 1.71. The molecule has 0 aromatic heterocycles. The molecule has 4 aliphatic carbocycles. The van der Waals surface area contributed by atoms with Crippen LogP contribution < -0.4 is 0 Å². The van der Waals surface area contributed by atoms with E-state index < -0.39 is 5.60 Å². The summed E-state index contributed by atoms with van der Waals surface area (Å²) in [5, 5.41) is 12.9. The minimum atomic E-state index is -0.417. The monoisotopic (exact) mass is 209 g/mol. The predicted octanol–water partition coefficient (Wildman–Crippen LogP) is 2.17. The quantitative estimate of drug-likeness (QED) is 0.530. The summed E-state index contributed by atoms with van der Waals surface area (Å²) in [6, 6.07) is 0. The predicted molar refractivity (Wildman–Crippen MR) is 57.4 cm³/mol. The second-order valence-electron chi connectivity index (χ2n) is 5.61. The highest BCUT2D eigenvalue weighted by Gasteiger charge is 2.57. The molecule has 0 aliphatic heterocycles. The summed E-state index contributed by atoms with van der Waals surface area (Å²) >= 11 is 4.73. The van der Waals surface area contributed by atoms with Crippen LogP contribution in [0.5, 0.6) is 0 Å². The lowest BCUT2D eigenvalue weighted by molar-refractivity contribution is -0.132. The first-order valence-electron chi connectivity index (χ1n) is 5.45. The van der Waals surface area contributed by atoms with E-state index in [1.807, 2.05) is 0 Å². The van der Waals surface area contributed by atoms with Gasteiger partial charge in [-0.2, -0.15) is 0 Å². The summed E-state index contributed by atoms with van der Waals surface area (Å²) in [5.41, 5.74) is -0.444. The fraction of sp³-hybridized carbons (Fsp3) is 0.909. The van der Waals surface area contributed by atoms with Gasteiger partial charge < -0.3 is 5.11 Å². The van der Waals surface area contributed by atoms with Gasteiger partial charge in [-0.15, -0.1) is 0 Å². The van der Waals surface area contributed by atoms with Gasteiger partial charge in [0.25, 0.3) is 0 Å². The van der Waals surface area contributed by atoms with Gasteiger partial charge in [-0.25, -0.2) is 4.99 Å². The van der Waals surface area contributed by atoms with Crippen molar-refractivity contribution in [3.8, 4) is 0 Å². The highest BCUT2D eigenvalue weighted by molar-refractivity contribution is 7.78. The molecule has 1 N–H and O–H groups in total. The summed E-state index contributed by atoms with van der Waals surface area (Å²) < 4.78 is 0.